The van der Waals surface area contributed by atoms with Crippen molar-refractivity contribution in [2.45, 2.75) is 37.8 Å². The number of hydrogen-bond donors (Lipinski definition) is 2. The summed E-state index contributed by atoms with van der Waals surface area (Å²) in [5, 5.41) is 12.1. The summed E-state index contributed by atoms with van der Waals surface area (Å²) in [5.74, 6) is -1.40. The summed E-state index contributed by atoms with van der Waals surface area (Å²) in [5.41, 5.74) is 0.484. The molecule has 1 heterocycles. The van der Waals surface area contributed by atoms with Crippen LogP contribution >= 0.6 is 0 Å². The molecule has 1 atom stereocenters. The lowest BCUT2D eigenvalue weighted by molar-refractivity contribution is -0.198. The van der Waals surface area contributed by atoms with Gasteiger partial charge in [-0.25, -0.2) is 13.6 Å². The van der Waals surface area contributed by atoms with E-state index in [4.69, 9.17) is 4.74 Å². The molecule has 25 heavy (non-hydrogen) atoms. The topological polar surface area (TPSA) is 76.1 Å². The minimum Gasteiger partial charge on any atom is -0.473 e. The predicted octanol–water partition coefficient (Wildman–Crippen LogP) is 2.30. The number of carbonyl (C=O) groups excluding carboxylic acids is 1. The zero-order chi connectivity index (χ0) is 18.4. The highest BCUT2D eigenvalue weighted by Gasteiger charge is 2.48. The number of aromatic nitrogens is 2. The molecule has 1 aliphatic rings. The van der Waals surface area contributed by atoms with E-state index in [-0.39, 0.29) is 25.3 Å². The van der Waals surface area contributed by atoms with Crippen LogP contribution in [0, 0.1) is 5.92 Å². The van der Waals surface area contributed by atoms with E-state index >= 15 is 0 Å². The molecular formula is C14H17F5N4O2. The number of urea groups is 1. The summed E-state index contributed by atoms with van der Waals surface area (Å²) in [6.07, 6.45) is -4.93. The van der Waals surface area contributed by atoms with Gasteiger partial charge < -0.3 is 15.4 Å². The van der Waals surface area contributed by atoms with Gasteiger partial charge in [0.2, 0.25) is 5.88 Å². The fraction of sp³-hybridized carbons (Fsp3) is 0.643. The van der Waals surface area contributed by atoms with Gasteiger partial charge in [-0.15, -0.1) is 5.10 Å². The molecule has 2 N–H and O–H groups in total. The maximum absolute atomic E-state index is 12.8. The number of nitrogens with one attached hydrogen (secondary N) is 2. The van der Waals surface area contributed by atoms with Crippen molar-refractivity contribution < 1.29 is 31.5 Å². The van der Waals surface area contributed by atoms with Crippen LogP contribution in [0.1, 0.15) is 18.4 Å². The van der Waals surface area contributed by atoms with Gasteiger partial charge in [-0.2, -0.15) is 18.3 Å². The number of rotatable bonds is 7. The van der Waals surface area contributed by atoms with E-state index in [1.807, 2.05) is 0 Å². The van der Waals surface area contributed by atoms with Crippen LogP contribution in [0.15, 0.2) is 12.3 Å². The predicted molar refractivity (Wildman–Crippen MR) is 76.3 cm³/mol. The summed E-state index contributed by atoms with van der Waals surface area (Å²) >= 11 is 0. The standard InChI is InChI=1S/C14H17F5N4O2/c15-4-10(16)7-25-12-1-8(6-21-23-12)5-20-13(24)22-11-2-9(3-11)14(17,18)19/h1,6,9-11H,2-5,7H2,(H2,20,22,24). The Balaban J connectivity index is 1.71. The average molecular weight is 368 g/mol. The number of nitrogens with zero attached hydrogens (tertiary/aromatic N) is 2. The Morgan fingerprint density at radius 1 is 1.40 bits per heavy atom. The molecule has 1 aromatic heterocycles. The summed E-state index contributed by atoms with van der Waals surface area (Å²) in [6, 6.07) is 0.274. The van der Waals surface area contributed by atoms with Gasteiger partial charge in [-0.1, -0.05) is 0 Å². The Bertz CT molecular complexity index is 581. The molecule has 1 unspecified atom stereocenters. The van der Waals surface area contributed by atoms with E-state index < -0.39 is 43.6 Å². The van der Waals surface area contributed by atoms with Gasteiger partial charge in [-0.3, -0.25) is 0 Å². The van der Waals surface area contributed by atoms with Crippen LogP contribution in [-0.4, -0.2) is 47.9 Å². The second-order valence-corrected chi connectivity index (χ2v) is 5.70. The maximum Gasteiger partial charge on any atom is 0.391 e. The molecule has 0 aromatic carbocycles. The molecule has 0 radical (unpaired) electrons. The van der Waals surface area contributed by atoms with Gasteiger partial charge in [0.05, 0.1) is 12.1 Å². The lowest BCUT2D eigenvalue weighted by Crippen LogP contribution is -2.51. The molecule has 11 heteroatoms. The monoisotopic (exact) mass is 368 g/mol. The van der Waals surface area contributed by atoms with Crippen LogP contribution in [0.5, 0.6) is 5.88 Å². The quantitative estimate of drug-likeness (QED) is 0.725. The third-order valence-corrected chi connectivity index (χ3v) is 3.66. The molecule has 0 saturated heterocycles. The SMILES string of the molecule is O=C(NCc1cnnc(OCC(F)CF)c1)NC1CC(C(F)(F)F)C1. The van der Waals surface area contributed by atoms with Crippen LogP contribution in [0.3, 0.4) is 0 Å². The third-order valence-electron chi connectivity index (χ3n) is 3.66. The minimum atomic E-state index is -4.23. The smallest absolute Gasteiger partial charge is 0.391 e. The maximum atomic E-state index is 12.8. The summed E-state index contributed by atoms with van der Waals surface area (Å²) in [6.45, 7) is -1.66. The fourth-order valence-electron chi connectivity index (χ4n) is 2.19. The van der Waals surface area contributed by atoms with Crippen molar-refractivity contribution in [3.05, 3.63) is 17.8 Å². The highest BCUT2D eigenvalue weighted by Crippen LogP contribution is 2.40. The highest BCUT2D eigenvalue weighted by atomic mass is 19.4. The Morgan fingerprint density at radius 2 is 2.12 bits per heavy atom. The first-order valence-electron chi connectivity index (χ1n) is 7.53. The van der Waals surface area contributed by atoms with E-state index in [1.165, 1.54) is 12.3 Å². The lowest BCUT2D eigenvalue weighted by Gasteiger charge is -2.36. The minimum absolute atomic E-state index is 0.0231. The molecule has 1 aromatic rings. The summed E-state index contributed by atoms with van der Waals surface area (Å²) < 4.78 is 66.7. The van der Waals surface area contributed by atoms with Crippen LogP contribution in [0.25, 0.3) is 0 Å². The molecule has 1 saturated carbocycles. The van der Waals surface area contributed by atoms with Gasteiger partial charge in [0.1, 0.15) is 13.3 Å². The molecule has 140 valence electrons. The first kappa shape index (κ1) is 19.1. The van der Waals surface area contributed by atoms with E-state index in [1.54, 1.807) is 0 Å². The zero-order valence-corrected chi connectivity index (χ0v) is 13.0. The number of ether oxygens (including phenoxy) is 1. The Morgan fingerprint density at radius 3 is 2.76 bits per heavy atom. The second kappa shape index (κ2) is 8.26. The number of halogens is 5. The molecular weight excluding hydrogens is 351 g/mol. The van der Waals surface area contributed by atoms with Crippen LogP contribution in [0.4, 0.5) is 26.7 Å². The molecule has 1 aliphatic carbocycles. The van der Waals surface area contributed by atoms with Crippen molar-refractivity contribution in [2.75, 3.05) is 13.3 Å². The third kappa shape index (κ3) is 5.98. The summed E-state index contributed by atoms with van der Waals surface area (Å²) in [7, 11) is 0. The lowest BCUT2D eigenvalue weighted by atomic mass is 9.80. The average Bonchev–Trinajstić information content (AvgIpc) is 2.52. The summed E-state index contributed by atoms with van der Waals surface area (Å²) in [4.78, 5) is 11.7. The van der Waals surface area contributed by atoms with Crippen molar-refractivity contribution in [2.24, 2.45) is 5.92 Å². The first-order valence-corrected chi connectivity index (χ1v) is 7.53. The van der Waals surface area contributed by atoms with E-state index in [9.17, 15) is 26.7 Å². The van der Waals surface area contributed by atoms with Gasteiger partial charge in [0, 0.05) is 18.7 Å². The molecule has 1 fully saturated rings. The van der Waals surface area contributed by atoms with Gasteiger partial charge in [-0.05, 0) is 18.4 Å². The zero-order valence-electron chi connectivity index (χ0n) is 13.0. The van der Waals surface area contributed by atoms with Gasteiger partial charge in [0.25, 0.3) is 0 Å². The van der Waals surface area contributed by atoms with E-state index in [0.717, 1.165) is 0 Å². The molecule has 0 spiro atoms. The molecule has 0 bridgehead atoms. The largest absolute Gasteiger partial charge is 0.473 e. The first-order chi connectivity index (χ1) is 11.8. The molecule has 2 amide bonds. The molecule has 2 rings (SSSR count). The van der Waals surface area contributed by atoms with Gasteiger partial charge >= 0.3 is 12.2 Å². The molecule has 0 aliphatic heterocycles. The highest BCUT2D eigenvalue weighted by molar-refractivity contribution is 5.74. The number of amides is 2. The number of carbonyl (C=O) groups is 1. The van der Waals surface area contributed by atoms with Crippen molar-refractivity contribution in [1.82, 2.24) is 20.8 Å². The fourth-order valence-corrected chi connectivity index (χ4v) is 2.19. The van der Waals surface area contributed by atoms with Crippen molar-refractivity contribution in [3.8, 4) is 5.88 Å². The van der Waals surface area contributed by atoms with Gasteiger partial charge in [0.15, 0.2) is 6.17 Å². The van der Waals surface area contributed by atoms with Crippen LogP contribution in [-0.2, 0) is 6.54 Å². The van der Waals surface area contributed by atoms with Crippen molar-refractivity contribution in [1.29, 1.82) is 0 Å². The molecule has 6 nitrogen and oxygen atoms in total. The number of alkyl halides is 5. The van der Waals surface area contributed by atoms with Crippen molar-refractivity contribution in [3.63, 3.8) is 0 Å². The van der Waals surface area contributed by atoms with Crippen LogP contribution in [0.2, 0.25) is 0 Å². The van der Waals surface area contributed by atoms with E-state index in [0.29, 0.717) is 5.56 Å². The van der Waals surface area contributed by atoms with Crippen molar-refractivity contribution >= 4 is 6.03 Å². The van der Waals surface area contributed by atoms with Crippen LogP contribution < -0.4 is 15.4 Å². The second-order valence-electron chi connectivity index (χ2n) is 5.70. The normalized spacial score (nSPS) is 21.2. The van der Waals surface area contributed by atoms with E-state index in [2.05, 4.69) is 20.8 Å². The number of hydrogen-bond acceptors (Lipinski definition) is 4. The Hall–Kier alpha value is -2.20. The Labute approximate surface area is 140 Å². The Kier molecular flexibility index (Phi) is 6.32.